The van der Waals surface area contributed by atoms with E-state index in [1.165, 1.54) is 20.1 Å². The van der Waals surface area contributed by atoms with E-state index >= 15 is 0 Å². The van der Waals surface area contributed by atoms with Crippen LogP contribution in [0.15, 0.2) is 11.6 Å². The first kappa shape index (κ1) is 9.17. The summed E-state index contributed by atoms with van der Waals surface area (Å²) < 4.78 is 4.40. The van der Waals surface area contributed by atoms with Crippen LogP contribution in [0, 0.1) is 0 Å². The molecule has 0 saturated carbocycles. The third kappa shape index (κ3) is 2.19. The van der Waals surface area contributed by atoms with Gasteiger partial charge >= 0.3 is 5.97 Å². The molecule has 10 heavy (non-hydrogen) atoms. The standard InChI is InChI=1S/C7H12O3/c1-4-6(5(2)8)7(9)10-3/h4-5,8H,1-3H3/b6-4+/t5-/m1/s1. The molecule has 3 nitrogen and oxygen atoms in total. The molecule has 58 valence electrons. The molecular weight excluding hydrogens is 132 g/mol. The molecule has 0 aliphatic rings. The smallest absolute Gasteiger partial charge is 0.336 e. The Balaban J connectivity index is 4.24. The van der Waals surface area contributed by atoms with Gasteiger partial charge in [0.05, 0.1) is 18.8 Å². The first-order valence-corrected chi connectivity index (χ1v) is 3.06. The lowest BCUT2D eigenvalue weighted by molar-refractivity contribution is -0.137. The second kappa shape index (κ2) is 4.06. The van der Waals surface area contributed by atoms with Crippen molar-refractivity contribution in [2.24, 2.45) is 0 Å². The number of methoxy groups -OCH3 is 1. The van der Waals surface area contributed by atoms with Crippen LogP contribution < -0.4 is 0 Å². The maximum Gasteiger partial charge on any atom is 0.336 e. The van der Waals surface area contributed by atoms with Crippen molar-refractivity contribution in [3.8, 4) is 0 Å². The summed E-state index contributed by atoms with van der Waals surface area (Å²) in [5.41, 5.74) is 0.294. The number of esters is 1. The molecule has 3 heteroatoms. The van der Waals surface area contributed by atoms with Gasteiger partial charge in [-0.3, -0.25) is 0 Å². The van der Waals surface area contributed by atoms with E-state index in [9.17, 15) is 4.79 Å². The lowest BCUT2D eigenvalue weighted by Crippen LogP contribution is -2.15. The minimum Gasteiger partial charge on any atom is -0.466 e. The molecule has 0 saturated heterocycles. The van der Waals surface area contributed by atoms with Gasteiger partial charge in [-0.1, -0.05) is 6.08 Å². The Bertz CT molecular complexity index is 147. The van der Waals surface area contributed by atoms with Crippen LogP contribution in [0.3, 0.4) is 0 Å². The summed E-state index contributed by atoms with van der Waals surface area (Å²) >= 11 is 0. The van der Waals surface area contributed by atoms with E-state index in [0.717, 1.165) is 0 Å². The highest BCUT2D eigenvalue weighted by atomic mass is 16.5. The second-order valence-corrected chi connectivity index (χ2v) is 1.91. The molecule has 0 bridgehead atoms. The average Bonchev–Trinajstić information content (AvgIpc) is 1.88. The number of hydrogen-bond acceptors (Lipinski definition) is 3. The van der Waals surface area contributed by atoms with Crippen molar-refractivity contribution >= 4 is 5.97 Å². The van der Waals surface area contributed by atoms with Crippen LogP contribution >= 0.6 is 0 Å². The first-order chi connectivity index (χ1) is 4.63. The second-order valence-electron chi connectivity index (χ2n) is 1.91. The van der Waals surface area contributed by atoms with Gasteiger partial charge < -0.3 is 9.84 Å². The van der Waals surface area contributed by atoms with E-state index < -0.39 is 12.1 Å². The monoisotopic (exact) mass is 144 g/mol. The number of rotatable bonds is 2. The van der Waals surface area contributed by atoms with Crippen LogP contribution in [-0.2, 0) is 9.53 Å². The summed E-state index contributed by atoms with van der Waals surface area (Å²) in [5.74, 6) is -0.475. The fourth-order valence-corrected chi connectivity index (χ4v) is 0.647. The van der Waals surface area contributed by atoms with Gasteiger partial charge in [0.15, 0.2) is 0 Å². The van der Waals surface area contributed by atoms with Crippen molar-refractivity contribution in [2.45, 2.75) is 20.0 Å². The Morgan fingerprint density at radius 2 is 2.20 bits per heavy atom. The van der Waals surface area contributed by atoms with Crippen molar-refractivity contribution in [3.05, 3.63) is 11.6 Å². The van der Waals surface area contributed by atoms with Crippen LogP contribution in [0.2, 0.25) is 0 Å². The van der Waals surface area contributed by atoms with E-state index in [-0.39, 0.29) is 0 Å². The van der Waals surface area contributed by atoms with Gasteiger partial charge in [-0.25, -0.2) is 4.79 Å². The molecule has 0 aromatic rings. The number of aliphatic hydroxyl groups excluding tert-OH is 1. The third-order valence-corrected chi connectivity index (χ3v) is 1.18. The Morgan fingerprint density at radius 1 is 1.70 bits per heavy atom. The molecular formula is C7H12O3. The molecule has 1 atom stereocenters. The van der Waals surface area contributed by atoms with E-state index in [4.69, 9.17) is 5.11 Å². The summed E-state index contributed by atoms with van der Waals surface area (Å²) in [6, 6.07) is 0. The van der Waals surface area contributed by atoms with Crippen LogP contribution in [0.1, 0.15) is 13.8 Å². The number of carbonyl (C=O) groups is 1. The zero-order valence-electron chi connectivity index (χ0n) is 6.42. The van der Waals surface area contributed by atoms with Gasteiger partial charge in [-0.05, 0) is 13.8 Å². The zero-order chi connectivity index (χ0) is 8.15. The molecule has 0 fully saturated rings. The minimum absolute atomic E-state index is 0.294. The van der Waals surface area contributed by atoms with Crippen molar-refractivity contribution in [1.29, 1.82) is 0 Å². The van der Waals surface area contributed by atoms with Gasteiger partial charge in [-0.2, -0.15) is 0 Å². The highest BCUT2D eigenvalue weighted by Gasteiger charge is 2.12. The van der Waals surface area contributed by atoms with E-state index in [1.54, 1.807) is 6.92 Å². The van der Waals surface area contributed by atoms with Gasteiger partial charge in [-0.15, -0.1) is 0 Å². The summed E-state index contributed by atoms with van der Waals surface area (Å²) in [4.78, 5) is 10.7. The predicted molar refractivity (Wildman–Crippen MR) is 37.5 cm³/mol. The molecule has 0 radical (unpaired) electrons. The fraction of sp³-hybridized carbons (Fsp3) is 0.571. The number of hydrogen-bond donors (Lipinski definition) is 1. The summed E-state index contributed by atoms with van der Waals surface area (Å²) in [6.07, 6.45) is 0.786. The molecule has 0 aliphatic carbocycles. The largest absolute Gasteiger partial charge is 0.466 e. The highest BCUT2D eigenvalue weighted by molar-refractivity contribution is 5.89. The van der Waals surface area contributed by atoms with Gasteiger partial charge in [0.1, 0.15) is 0 Å². The van der Waals surface area contributed by atoms with Crippen molar-refractivity contribution in [2.75, 3.05) is 7.11 Å². The molecule has 0 unspecified atom stereocenters. The molecule has 0 aromatic carbocycles. The van der Waals surface area contributed by atoms with Gasteiger partial charge in [0.25, 0.3) is 0 Å². The van der Waals surface area contributed by atoms with E-state index in [1.807, 2.05) is 0 Å². The lowest BCUT2D eigenvalue weighted by Gasteiger charge is -2.05. The van der Waals surface area contributed by atoms with Crippen molar-refractivity contribution < 1.29 is 14.6 Å². The average molecular weight is 144 g/mol. The minimum atomic E-state index is -0.752. The Labute approximate surface area is 60.3 Å². The van der Waals surface area contributed by atoms with Gasteiger partial charge in [0, 0.05) is 0 Å². The quantitative estimate of drug-likeness (QED) is 0.453. The van der Waals surface area contributed by atoms with Crippen LogP contribution in [0.4, 0.5) is 0 Å². The maximum atomic E-state index is 10.7. The van der Waals surface area contributed by atoms with Crippen molar-refractivity contribution in [1.82, 2.24) is 0 Å². The van der Waals surface area contributed by atoms with Crippen molar-refractivity contribution in [3.63, 3.8) is 0 Å². The Morgan fingerprint density at radius 3 is 2.30 bits per heavy atom. The number of allylic oxidation sites excluding steroid dienone is 1. The van der Waals surface area contributed by atoms with Gasteiger partial charge in [0.2, 0.25) is 0 Å². The molecule has 0 heterocycles. The summed E-state index contributed by atoms with van der Waals surface area (Å²) in [6.45, 7) is 3.20. The molecule has 1 N–H and O–H groups in total. The summed E-state index contributed by atoms with van der Waals surface area (Å²) in [5, 5.41) is 8.94. The normalized spacial score (nSPS) is 14.6. The molecule has 0 amide bonds. The molecule has 0 rings (SSSR count). The first-order valence-electron chi connectivity index (χ1n) is 3.06. The van der Waals surface area contributed by atoms with E-state index in [0.29, 0.717) is 5.57 Å². The maximum absolute atomic E-state index is 10.7. The van der Waals surface area contributed by atoms with Crippen LogP contribution in [0.5, 0.6) is 0 Å². The Kier molecular flexibility index (Phi) is 3.72. The SMILES string of the molecule is C/C=C(/C(=O)OC)[C@@H](C)O. The number of ether oxygens (including phenoxy) is 1. The molecule has 0 aliphatic heterocycles. The van der Waals surface area contributed by atoms with Crippen LogP contribution in [0.25, 0.3) is 0 Å². The topological polar surface area (TPSA) is 46.5 Å². The molecule has 0 spiro atoms. The lowest BCUT2D eigenvalue weighted by atomic mass is 10.1. The number of aliphatic hydroxyl groups is 1. The number of carbonyl (C=O) groups excluding carboxylic acids is 1. The van der Waals surface area contributed by atoms with Crippen LogP contribution in [-0.4, -0.2) is 24.3 Å². The fourth-order valence-electron chi connectivity index (χ4n) is 0.647. The molecule has 0 aromatic heterocycles. The van der Waals surface area contributed by atoms with E-state index in [2.05, 4.69) is 4.74 Å². The summed E-state index contributed by atoms with van der Waals surface area (Å²) in [7, 11) is 1.29. The third-order valence-electron chi connectivity index (χ3n) is 1.18. The Hall–Kier alpha value is -0.830. The highest BCUT2D eigenvalue weighted by Crippen LogP contribution is 2.02. The predicted octanol–water partition coefficient (Wildman–Crippen LogP) is 0.486. The zero-order valence-corrected chi connectivity index (χ0v) is 6.42.